The van der Waals surface area contributed by atoms with Gasteiger partial charge in [0.25, 0.3) is 0 Å². The quantitative estimate of drug-likeness (QED) is 0.860. The Hall–Kier alpha value is -2.09. The Bertz CT molecular complexity index is 566. The lowest BCUT2D eigenvalue weighted by molar-refractivity contribution is -0.137. The minimum atomic E-state index is -4.52. The Morgan fingerprint density at radius 2 is 2.06 bits per heavy atom. The third-order valence-corrected chi connectivity index (χ3v) is 2.21. The maximum atomic E-state index is 12.4. The zero-order valence-corrected chi connectivity index (χ0v) is 8.90. The van der Waals surface area contributed by atoms with Crippen LogP contribution >= 0.6 is 0 Å². The van der Waals surface area contributed by atoms with Crippen LogP contribution in [0.5, 0.6) is 5.75 Å². The van der Waals surface area contributed by atoms with Crippen LogP contribution < -0.4 is 5.73 Å². The Morgan fingerprint density at radius 1 is 1.33 bits per heavy atom. The number of hydrogen-bond acceptors (Lipinski definition) is 5. The van der Waals surface area contributed by atoms with E-state index < -0.39 is 17.5 Å². The van der Waals surface area contributed by atoms with E-state index in [1.807, 2.05) is 0 Å². The molecule has 0 bridgehead atoms. The fourth-order valence-electron chi connectivity index (χ4n) is 1.34. The summed E-state index contributed by atoms with van der Waals surface area (Å²) in [6, 6.07) is 2.50. The highest BCUT2D eigenvalue weighted by Gasteiger charge is 2.31. The molecule has 2 rings (SSSR count). The van der Waals surface area contributed by atoms with Gasteiger partial charge in [0.15, 0.2) is 0 Å². The van der Waals surface area contributed by atoms with Crippen molar-refractivity contribution in [2.75, 3.05) is 0 Å². The first-order chi connectivity index (χ1) is 8.41. The van der Waals surface area contributed by atoms with Crippen LogP contribution in [0.15, 0.2) is 22.7 Å². The van der Waals surface area contributed by atoms with Gasteiger partial charge in [-0.25, -0.2) is 0 Å². The molecule has 18 heavy (non-hydrogen) atoms. The number of aromatic hydroxyl groups is 1. The number of benzene rings is 1. The van der Waals surface area contributed by atoms with E-state index in [1.165, 1.54) is 0 Å². The summed E-state index contributed by atoms with van der Waals surface area (Å²) in [6.45, 7) is 0.00833. The molecule has 96 valence electrons. The van der Waals surface area contributed by atoms with Gasteiger partial charge >= 0.3 is 6.18 Å². The van der Waals surface area contributed by atoms with Crippen molar-refractivity contribution < 1.29 is 22.8 Å². The molecule has 0 aliphatic heterocycles. The number of phenolic OH excluding ortho intramolecular Hbond substituents is 1. The Balaban J connectivity index is 2.41. The number of rotatable bonds is 2. The molecule has 0 atom stereocenters. The van der Waals surface area contributed by atoms with E-state index in [-0.39, 0.29) is 23.8 Å². The van der Waals surface area contributed by atoms with E-state index in [1.54, 1.807) is 0 Å². The number of alkyl halides is 3. The van der Waals surface area contributed by atoms with E-state index in [4.69, 9.17) is 10.3 Å². The van der Waals surface area contributed by atoms with Crippen molar-refractivity contribution in [1.29, 1.82) is 0 Å². The number of hydrogen-bond donors (Lipinski definition) is 2. The van der Waals surface area contributed by atoms with E-state index in [9.17, 15) is 18.3 Å². The van der Waals surface area contributed by atoms with Crippen molar-refractivity contribution in [2.24, 2.45) is 5.73 Å². The van der Waals surface area contributed by atoms with Crippen LogP contribution in [0, 0.1) is 0 Å². The average molecular weight is 259 g/mol. The maximum Gasteiger partial charge on any atom is 0.416 e. The van der Waals surface area contributed by atoms with Crippen LogP contribution in [-0.2, 0) is 12.7 Å². The molecule has 2 aromatic rings. The zero-order chi connectivity index (χ0) is 13.3. The molecule has 0 spiro atoms. The fourth-order valence-corrected chi connectivity index (χ4v) is 1.34. The van der Waals surface area contributed by atoms with Crippen molar-refractivity contribution in [3.05, 3.63) is 29.7 Å². The summed E-state index contributed by atoms with van der Waals surface area (Å²) in [7, 11) is 0. The van der Waals surface area contributed by atoms with Crippen LogP contribution in [-0.4, -0.2) is 15.2 Å². The van der Waals surface area contributed by atoms with Crippen LogP contribution in [0.4, 0.5) is 13.2 Å². The average Bonchev–Trinajstić information content (AvgIpc) is 2.76. The number of phenols is 1. The summed E-state index contributed by atoms with van der Waals surface area (Å²) >= 11 is 0. The topological polar surface area (TPSA) is 85.2 Å². The van der Waals surface area contributed by atoms with Crippen LogP contribution in [0.3, 0.4) is 0 Å². The molecule has 0 fully saturated rings. The highest BCUT2D eigenvalue weighted by molar-refractivity contribution is 5.64. The standard InChI is InChI=1S/C10H8F3N3O2/c11-10(12,13)5-1-2-6(7(17)3-5)9-15-8(4-14)18-16-9/h1-3,17H,4,14H2. The minimum Gasteiger partial charge on any atom is -0.507 e. The normalized spacial score (nSPS) is 11.8. The molecule has 0 amide bonds. The van der Waals surface area contributed by atoms with E-state index >= 15 is 0 Å². The molecule has 0 aliphatic carbocycles. The highest BCUT2D eigenvalue weighted by atomic mass is 19.4. The lowest BCUT2D eigenvalue weighted by atomic mass is 10.1. The van der Waals surface area contributed by atoms with Crippen molar-refractivity contribution >= 4 is 0 Å². The van der Waals surface area contributed by atoms with Gasteiger partial charge in [0.1, 0.15) is 5.75 Å². The van der Waals surface area contributed by atoms with E-state index in [2.05, 4.69) is 10.1 Å². The van der Waals surface area contributed by atoms with Crippen LogP contribution in [0.1, 0.15) is 11.5 Å². The van der Waals surface area contributed by atoms with Crippen molar-refractivity contribution in [1.82, 2.24) is 10.1 Å². The first kappa shape index (κ1) is 12.4. The molecule has 0 radical (unpaired) electrons. The monoisotopic (exact) mass is 259 g/mol. The molecular weight excluding hydrogens is 251 g/mol. The third-order valence-electron chi connectivity index (χ3n) is 2.21. The van der Waals surface area contributed by atoms with Crippen molar-refractivity contribution in [2.45, 2.75) is 12.7 Å². The second kappa shape index (κ2) is 4.30. The number of aromatic nitrogens is 2. The van der Waals surface area contributed by atoms with Gasteiger partial charge in [-0.2, -0.15) is 18.2 Å². The predicted octanol–water partition coefficient (Wildman–Crippen LogP) is 1.92. The van der Waals surface area contributed by atoms with Gasteiger partial charge in [0, 0.05) is 0 Å². The van der Waals surface area contributed by atoms with Gasteiger partial charge in [0.2, 0.25) is 11.7 Å². The molecule has 1 aromatic carbocycles. The van der Waals surface area contributed by atoms with Crippen molar-refractivity contribution in [3.63, 3.8) is 0 Å². The summed E-state index contributed by atoms with van der Waals surface area (Å²) in [5.41, 5.74) is 4.35. The molecule has 8 heteroatoms. The Kier molecular flexibility index (Phi) is 2.95. The van der Waals surface area contributed by atoms with Gasteiger partial charge in [-0.3, -0.25) is 0 Å². The lowest BCUT2D eigenvalue weighted by Crippen LogP contribution is -2.04. The van der Waals surface area contributed by atoms with Gasteiger partial charge < -0.3 is 15.4 Å². The summed E-state index contributed by atoms with van der Waals surface area (Å²) in [5.74, 6) is -0.458. The van der Waals surface area contributed by atoms with Crippen LogP contribution in [0.25, 0.3) is 11.4 Å². The molecule has 3 N–H and O–H groups in total. The van der Waals surface area contributed by atoms with Crippen LogP contribution in [0.2, 0.25) is 0 Å². The zero-order valence-electron chi connectivity index (χ0n) is 8.90. The summed E-state index contributed by atoms with van der Waals surface area (Å²) in [5, 5.41) is 13.0. The first-order valence-electron chi connectivity index (χ1n) is 4.85. The second-order valence-electron chi connectivity index (χ2n) is 3.45. The van der Waals surface area contributed by atoms with E-state index in [0.717, 1.165) is 12.1 Å². The molecule has 1 aromatic heterocycles. The Labute approximate surface area is 99.0 Å². The Morgan fingerprint density at radius 3 is 2.56 bits per heavy atom. The molecule has 0 saturated heterocycles. The second-order valence-corrected chi connectivity index (χ2v) is 3.45. The predicted molar refractivity (Wildman–Crippen MR) is 54.3 cm³/mol. The number of halogens is 3. The molecule has 0 aliphatic rings. The number of nitrogens with two attached hydrogens (primary N) is 1. The van der Waals surface area contributed by atoms with E-state index in [0.29, 0.717) is 6.07 Å². The molecule has 0 unspecified atom stereocenters. The largest absolute Gasteiger partial charge is 0.507 e. The molecule has 1 heterocycles. The summed E-state index contributed by atoms with van der Waals surface area (Å²) in [6.07, 6.45) is -4.52. The fraction of sp³-hybridized carbons (Fsp3) is 0.200. The number of nitrogens with zero attached hydrogens (tertiary/aromatic N) is 2. The molecular formula is C10H8F3N3O2. The smallest absolute Gasteiger partial charge is 0.416 e. The maximum absolute atomic E-state index is 12.4. The third kappa shape index (κ3) is 2.28. The molecule has 0 saturated carbocycles. The highest BCUT2D eigenvalue weighted by Crippen LogP contribution is 2.35. The minimum absolute atomic E-state index is 0.00833. The molecule has 5 nitrogen and oxygen atoms in total. The van der Waals surface area contributed by atoms with Gasteiger partial charge in [0.05, 0.1) is 17.7 Å². The first-order valence-corrected chi connectivity index (χ1v) is 4.85. The lowest BCUT2D eigenvalue weighted by Gasteiger charge is -2.07. The SMILES string of the molecule is NCc1nc(-c2ccc(C(F)(F)F)cc2O)no1. The van der Waals surface area contributed by atoms with Gasteiger partial charge in [-0.1, -0.05) is 5.16 Å². The van der Waals surface area contributed by atoms with Gasteiger partial charge in [-0.15, -0.1) is 0 Å². The van der Waals surface area contributed by atoms with Gasteiger partial charge in [-0.05, 0) is 18.2 Å². The summed E-state index contributed by atoms with van der Waals surface area (Å²) < 4.78 is 41.9. The summed E-state index contributed by atoms with van der Waals surface area (Å²) in [4.78, 5) is 3.81. The van der Waals surface area contributed by atoms with Crippen molar-refractivity contribution in [3.8, 4) is 17.1 Å².